The van der Waals surface area contributed by atoms with Gasteiger partial charge in [0.25, 0.3) is 0 Å². The number of rotatable bonds is 0. The van der Waals surface area contributed by atoms with E-state index in [2.05, 4.69) is 59.7 Å². The van der Waals surface area contributed by atoms with Crippen LogP contribution in [0.1, 0.15) is 58.2 Å². The Hall–Kier alpha value is -1.29. The summed E-state index contributed by atoms with van der Waals surface area (Å²) in [5, 5.41) is 9.22. The van der Waals surface area contributed by atoms with E-state index in [0.29, 0.717) is 0 Å². The Balaban J connectivity index is 3.36. The van der Waals surface area contributed by atoms with Gasteiger partial charge in [0, 0.05) is 0 Å². The Kier molecular flexibility index (Phi) is 3.15. The first-order valence-corrected chi connectivity index (χ1v) is 5.71. The van der Waals surface area contributed by atoms with Crippen LogP contribution in [0.2, 0.25) is 0 Å². The number of benzene rings is 1. The van der Waals surface area contributed by atoms with E-state index < -0.39 is 0 Å². The van der Waals surface area contributed by atoms with Gasteiger partial charge in [-0.3, -0.25) is 0 Å². The highest BCUT2D eigenvalue weighted by molar-refractivity contribution is 5.45. The minimum atomic E-state index is 0.0292. The molecular weight excluding hydrogens is 194 g/mol. The van der Waals surface area contributed by atoms with Gasteiger partial charge in [-0.25, -0.2) is 0 Å². The van der Waals surface area contributed by atoms with Gasteiger partial charge in [0.15, 0.2) is 0 Å². The standard InChI is InChI=1S/C15H21N/c1-14(2,3)12-7-8-13(15(4,5)6)11(9-12)10-16/h7-9H,1-6H3. The zero-order valence-electron chi connectivity index (χ0n) is 11.2. The lowest BCUT2D eigenvalue weighted by Gasteiger charge is -2.24. The average Bonchev–Trinajstić information content (AvgIpc) is 2.14. The molecule has 0 aromatic heterocycles. The van der Waals surface area contributed by atoms with Gasteiger partial charge in [-0.1, -0.05) is 53.7 Å². The predicted octanol–water partition coefficient (Wildman–Crippen LogP) is 4.15. The first-order valence-electron chi connectivity index (χ1n) is 5.71. The van der Waals surface area contributed by atoms with Crippen molar-refractivity contribution in [3.63, 3.8) is 0 Å². The van der Waals surface area contributed by atoms with E-state index in [1.54, 1.807) is 0 Å². The molecule has 86 valence electrons. The summed E-state index contributed by atoms with van der Waals surface area (Å²) >= 11 is 0. The molecule has 0 bridgehead atoms. The third kappa shape index (κ3) is 2.64. The van der Waals surface area contributed by atoms with Crippen molar-refractivity contribution >= 4 is 0 Å². The molecule has 0 amide bonds. The van der Waals surface area contributed by atoms with Crippen LogP contribution in [0.4, 0.5) is 0 Å². The number of hydrogen-bond acceptors (Lipinski definition) is 1. The molecule has 0 unspecified atom stereocenters. The van der Waals surface area contributed by atoms with Crippen LogP contribution in [0.15, 0.2) is 18.2 Å². The maximum absolute atomic E-state index is 9.22. The van der Waals surface area contributed by atoms with E-state index in [9.17, 15) is 5.26 Å². The first kappa shape index (κ1) is 12.8. The van der Waals surface area contributed by atoms with Crippen molar-refractivity contribution in [3.05, 3.63) is 34.9 Å². The van der Waals surface area contributed by atoms with Gasteiger partial charge >= 0.3 is 0 Å². The van der Waals surface area contributed by atoms with Crippen molar-refractivity contribution < 1.29 is 0 Å². The summed E-state index contributed by atoms with van der Waals surface area (Å²) in [6, 6.07) is 8.58. The average molecular weight is 215 g/mol. The van der Waals surface area contributed by atoms with Crippen molar-refractivity contribution in [1.29, 1.82) is 5.26 Å². The monoisotopic (exact) mass is 215 g/mol. The highest BCUT2D eigenvalue weighted by Gasteiger charge is 2.21. The quantitative estimate of drug-likeness (QED) is 0.637. The molecule has 0 N–H and O–H groups in total. The fourth-order valence-electron chi connectivity index (χ4n) is 1.76. The van der Waals surface area contributed by atoms with E-state index in [4.69, 9.17) is 0 Å². The van der Waals surface area contributed by atoms with Crippen LogP contribution in [0.3, 0.4) is 0 Å². The van der Waals surface area contributed by atoms with Crippen LogP contribution in [0.5, 0.6) is 0 Å². The summed E-state index contributed by atoms with van der Waals surface area (Å²) in [5.41, 5.74) is 3.28. The Morgan fingerprint density at radius 3 is 1.88 bits per heavy atom. The molecule has 0 atom stereocenters. The highest BCUT2D eigenvalue weighted by Crippen LogP contribution is 2.30. The Bertz CT molecular complexity index is 422. The fraction of sp³-hybridized carbons (Fsp3) is 0.533. The van der Waals surface area contributed by atoms with Gasteiger partial charge in [0.05, 0.1) is 11.6 Å². The second kappa shape index (κ2) is 3.94. The lowest BCUT2D eigenvalue weighted by molar-refractivity contribution is 0.575. The summed E-state index contributed by atoms with van der Waals surface area (Å²) in [7, 11) is 0. The van der Waals surface area contributed by atoms with Crippen LogP contribution in [0, 0.1) is 11.3 Å². The lowest BCUT2D eigenvalue weighted by atomic mass is 9.79. The predicted molar refractivity (Wildman–Crippen MR) is 68.6 cm³/mol. The molecule has 0 aliphatic heterocycles. The molecule has 1 nitrogen and oxygen atoms in total. The van der Waals surface area contributed by atoms with Crippen molar-refractivity contribution in [2.45, 2.75) is 52.4 Å². The van der Waals surface area contributed by atoms with E-state index in [1.165, 1.54) is 5.56 Å². The van der Waals surface area contributed by atoms with Crippen molar-refractivity contribution in [1.82, 2.24) is 0 Å². The molecule has 0 saturated heterocycles. The van der Waals surface area contributed by atoms with Gasteiger partial charge in [-0.15, -0.1) is 0 Å². The zero-order chi connectivity index (χ0) is 12.6. The number of nitriles is 1. The summed E-state index contributed by atoms with van der Waals surface area (Å²) < 4.78 is 0. The molecule has 0 aliphatic carbocycles. The Labute approximate surface area is 99.1 Å². The third-order valence-electron chi connectivity index (χ3n) is 2.81. The molecule has 1 aromatic rings. The lowest BCUT2D eigenvalue weighted by Crippen LogP contribution is -2.16. The minimum absolute atomic E-state index is 0.0292. The summed E-state index contributed by atoms with van der Waals surface area (Å²) in [6.45, 7) is 12.9. The van der Waals surface area contributed by atoms with E-state index in [1.807, 2.05) is 6.07 Å². The fourth-order valence-corrected chi connectivity index (χ4v) is 1.76. The van der Waals surface area contributed by atoms with E-state index >= 15 is 0 Å². The highest BCUT2D eigenvalue weighted by atomic mass is 14.3. The van der Waals surface area contributed by atoms with Crippen LogP contribution in [0.25, 0.3) is 0 Å². The molecule has 0 spiro atoms. The molecular formula is C15H21N. The van der Waals surface area contributed by atoms with E-state index in [0.717, 1.165) is 11.1 Å². The minimum Gasteiger partial charge on any atom is -0.192 e. The van der Waals surface area contributed by atoms with Gasteiger partial charge in [-0.05, 0) is 28.0 Å². The van der Waals surface area contributed by atoms with Crippen LogP contribution in [-0.4, -0.2) is 0 Å². The maximum atomic E-state index is 9.22. The normalized spacial score (nSPS) is 12.3. The Morgan fingerprint density at radius 2 is 1.50 bits per heavy atom. The third-order valence-corrected chi connectivity index (χ3v) is 2.81. The van der Waals surface area contributed by atoms with Crippen LogP contribution in [-0.2, 0) is 10.8 Å². The largest absolute Gasteiger partial charge is 0.192 e. The second-order valence-corrected chi connectivity index (χ2v) is 6.37. The molecule has 0 radical (unpaired) electrons. The number of hydrogen-bond donors (Lipinski definition) is 0. The molecule has 1 rings (SSSR count). The van der Waals surface area contributed by atoms with Crippen LogP contribution < -0.4 is 0 Å². The van der Waals surface area contributed by atoms with Crippen molar-refractivity contribution in [2.24, 2.45) is 0 Å². The summed E-state index contributed by atoms with van der Waals surface area (Å²) in [4.78, 5) is 0. The molecule has 16 heavy (non-hydrogen) atoms. The first-order chi connectivity index (χ1) is 7.16. The second-order valence-electron chi connectivity index (χ2n) is 6.37. The molecule has 0 aliphatic rings. The van der Waals surface area contributed by atoms with Gasteiger partial charge in [0.1, 0.15) is 0 Å². The zero-order valence-corrected chi connectivity index (χ0v) is 11.2. The van der Waals surface area contributed by atoms with Crippen molar-refractivity contribution in [2.75, 3.05) is 0 Å². The summed E-state index contributed by atoms with van der Waals surface area (Å²) in [5.74, 6) is 0. The smallest absolute Gasteiger partial charge is 0.0994 e. The molecule has 0 fully saturated rings. The SMILES string of the molecule is CC(C)(C)c1ccc(C(C)(C)C)c(C#N)c1. The molecule has 1 heteroatoms. The van der Waals surface area contributed by atoms with Crippen molar-refractivity contribution in [3.8, 4) is 6.07 Å². The Morgan fingerprint density at radius 1 is 0.938 bits per heavy atom. The number of nitrogens with zero attached hydrogens (tertiary/aromatic N) is 1. The van der Waals surface area contributed by atoms with Gasteiger partial charge in [-0.2, -0.15) is 5.26 Å². The topological polar surface area (TPSA) is 23.8 Å². The van der Waals surface area contributed by atoms with Crippen LogP contribution >= 0.6 is 0 Å². The van der Waals surface area contributed by atoms with E-state index in [-0.39, 0.29) is 10.8 Å². The maximum Gasteiger partial charge on any atom is 0.0994 e. The molecule has 1 aromatic carbocycles. The molecule has 0 saturated carbocycles. The van der Waals surface area contributed by atoms with Gasteiger partial charge in [0.2, 0.25) is 0 Å². The summed E-state index contributed by atoms with van der Waals surface area (Å²) in [6.07, 6.45) is 0. The van der Waals surface area contributed by atoms with Gasteiger partial charge < -0.3 is 0 Å². The molecule has 0 heterocycles.